The summed E-state index contributed by atoms with van der Waals surface area (Å²) in [5.74, 6) is 0.419. The van der Waals surface area contributed by atoms with Gasteiger partial charge in [-0.15, -0.1) is 0 Å². The van der Waals surface area contributed by atoms with E-state index in [1.807, 2.05) is 6.07 Å². The third kappa shape index (κ3) is 1.71. The number of rotatable bonds is 1. The van der Waals surface area contributed by atoms with Gasteiger partial charge in [0.2, 0.25) is 0 Å². The van der Waals surface area contributed by atoms with E-state index in [4.69, 9.17) is 5.73 Å². The van der Waals surface area contributed by atoms with Gasteiger partial charge in [0, 0.05) is 4.47 Å². The summed E-state index contributed by atoms with van der Waals surface area (Å²) in [7, 11) is 0. The van der Waals surface area contributed by atoms with Gasteiger partial charge in [0.15, 0.2) is 5.82 Å². The van der Waals surface area contributed by atoms with Crippen LogP contribution in [0.25, 0.3) is 5.52 Å². The molecule has 0 bridgehead atoms. The fraction of sp³-hybridized carbons (Fsp3) is 0.500. The van der Waals surface area contributed by atoms with Crippen LogP contribution in [0.15, 0.2) is 16.9 Å². The standard InChI is InChI=1S/C12H15BrN4O/c13-8-6-9(12(18)4-2-1-3-5-12)17-10(8)11(14)15-7-16-17/h6-7,18H,1-5H2,(H2,14,15,16). The highest BCUT2D eigenvalue weighted by atomic mass is 79.9. The SMILES string of the molecule is Nc1ncnn2c(C3(O)CCCCC3)cc(Br)c12. The zero-order chi connectivity index (χ0) is 12.8. The molecule has 1 saturated carbocycles. The maximum absolute atomic E-state index is 10.8. The van der Waals surface area contributed by atoms with Crippen LogP contribution in [-0.4, -0.2) is 19.7 Å². The molecule has 0 amide bonds. The minimum Gasteiger partial charge on any atom is -0.384 e. The van der Waals surface area contributed by atoms with Crippen LogP contribution < -0.4 is 5.73 Å². The summed E-state index contributed by atoms with van der Waals surface area (Å²) in [6, 6.07) is 1.91. The smallest absolute Gasteiger partial charge is 0.152 e. The lowest BCUT2D eigenvalue weighted by Crippen LogP contribution is -2.30. The van der Waals surface area contributed by atoms with E-state index in [0.29, 0.717) is 5.82 Å². The quantitative estimate of drug-likeness (QED) is 0.847. The second-order valence-corrected chi connectivity index (χ2v) is 5.73. The highest BCUT2D eigenvalue weighted by Crippen LogP contribution is 2.39. The van der Waals surface area contributed by atoms with Crippen LogP contribution in [0.4, 0.5) is 5.82 Å². The van der Waals surface area contributed by atoms with Crippen LogP contribution in [0.3, 0.4) is 0 Å². The number of nitrogens with zero attached hydrogens (tertiary/aromatic N) is 3. The molecular formula is C12H15BrN4O. The molecule has 0 aromatic carbocycles. The summed E-state index contributed by atoms with van der Waals surface area (Å²) in [6.07, 6.45) is 6.24. The summed E-state index contributed by atoms with van der Waals surface area (Å²) < 4.78 is 2.53. The van der Waals surface area contributed by atoms with E-state index in [0.717, 1.165) is 41.4 Å². The van der Waals surface area contributed by atoms with Crippen molar-refractivity contribution in [3.05, 3.63) is 22.6 Å². The Balaban J connectivity index is 2.21. The second kappa shape index (κ2) is 4.20. The van der Waals surface area contributed by atoms with Crippen molar-refractivity contribution in [1.82, 2.24) is 14.6 Å². The molecule has 5 nitrogen and oxygen atoms in total. The van der Waals surface area contributed by atoms with Crippen molar-refractivity contribution >= 4 is 27.3 Å². The number of aliphatic hydroxyl groups is 1. The van der Waals surface area contributed by atoms with Crippen molar-refractivity contribution in [2.75, 3.05) is 5.73 Å². The first-order chi connectivity index (χ1) is 8.62. The van der Waals surface area contributed by atoms with E-state index in [1.165, 1.54) is 12.7 Å². The third-order valence-electron chi connectivity index (χ3n) is 3.69. The van der Waals surface area contributed by atoms with Gasteiger partial charge in [-0.25, -0.2) is 9.50 Å². The zero-order valence-corrected chi connectivity index (χ0v) is 11.5. The molecule has 0 unspecified atom stereocenters. The van der Waals surface area contributed by atoms with Crippen molar-refractivity contribution in [3.8, 4) is 0 Å². The number of aromatic nitrogens is 3. The molecule has 6 heteroatoms. The second-order valence-electron chi connectivity index (χ2n) is 4.88. The fourth-order valence-electron chi connectivity index (χ4n) is 2.75. The van der Waals surface area contributed by atoms with E-state index in [-0.39, 0.29) is 0 Å². The molecule has 0 spiro atoms. The molecule has 2 aromatic heterocycles. The Morgan fingerprint density at radius 1 is 1.33 bits per heavy atom. The first-order valence-electron chi connectivity index (χ1n) is 6.12. The monoisotopic (exact) mass is 310 g/mol. The molecule has 1 fully saturated rings. The molecule has 2 aromatic rings. The molecule has 0 radical (unpaired) electrons. The molecule has 1 aliphatic rings. The number of hydrogen-bond donors (Lipinski definition) is 2. The first-order valence-corrected chi connectivity index (χ1v) is 6.92. The van der Waals surface area contributed by atoms with Crippen LogP contribution >= 0.6 is 15.9 Å². The van der Waals surface area contributed by atoms with E-state index < -0.39 is 5.60 Å². The summed E-state index contributed by atoms with van der Waals surface area (Å²) in [6.45, 7) is 0. The minimum atomic E-state index is -0.798. The molecule has 0 saturated heterocycles. The first kappa shape index (κ1) is 11.9. The topological polar surface area (TPSA) is 76.4 Å². The molecule has 18 heavy (non-hydrogen) atoms. The number of fused-ring (bicyclic) bond motifs is 1. The van der Waals surface area contributed by atoms with Crippen molar-refractivity contribution in [3.63, 3.8) is 0 Å². The fourth-order valence-corrected chi connectivity index (χ4v) is 3.33. The zero-order valence-electron chi connectivity index (χ0n) is 9.93. The van der Waals surface area contributed by atoms with Crippen molar-refractivity contribution in [1.29, 1.82) is 0 Å². The minimum absolute atomic E-state index is 0.419. The molecule has 2 heterocycles. The molecular weight excluding hydrogens is 296 g/mol. The Labute approximate surface area is 113 Å². The van der Waals surface area contributed by atoms with Gasteiger partial charge < -0.3 is 10.8 Å². The number of anilines is 1. The molecule has 96 valence electrons. The van der Waals surface area contributed by atoms with E-state index in [1.54, 1.807) is 4.52 Å². The highest BCUT2D eigenvalue weighted by molar-refractivity contribution is 9.10. The lowest BCUT2D eigenvalue weighted by atomic mass is 9.82. The Morgan fingerprint density at radius 2 is 2.06 bits per heavy atom. The van der Waals surface area contributed by atoms with Gasteiger partial charge in [-0.05, 0) is 34.8 Å². The van der Waals surface area contributed by atoms with Gasteiger partial charge in [-0.2, -0.15) is 5.10 Å². The Morgan fingerprint density at radius 3 is 2.78 bits per heavy atom. The van der Waals surface area contributed by atoms with Gasteiger partial charge in [-0.3, -0.25) is 0 Å². The normalized spacial score (nSPS) is 19.2. The number of nitrogen functional groups attached to an aromatic ring is 1. The lowest BCUT2D eigenvalue weighted by Gasteiger charge is -2.31. The predicted octanol–water partition coefficient (Wildman–Crippen LogP) is 2.23. The van der Waals surface area contributed by atoms with Gasteiger partial charge in [-0.1, -0.05) is 19.3 Å². The lowest BCUT2D eigenvalue weighted by molar-refractivity contribution is -0.00614. The third-order valence-corrected chi connectivity index (χ3v) is 4.30. The van der Waals surface area contributed by atoms with Crippen LogP contribution in [0.2, 0.25) is 0 Å². The van der Waals surface area contributed by atoms with Crippen LogP contribution in [0, 0.1) is 0 Å². The number of hydrogen-bond acceptors (Lipinski definition) is 4. The summed E-state index contributed by atoms with van der Waals surface area (Å²) in [4.78, 5) is 3.98. The average Bonchev–Trinajstić information content (AvgIpc) is 2.70. The molecule has 1 aliphatic carbocycles. The van der Waals surface area contributed by atoms with Crippen LogP contribution in [0.1, 0.15) is 37.8 Å². The summed E-state index contributed by atoms with van der Waals surface area (Å²) in [5, 5.41) is 15.0. The van der Waals surface area contributed by atoms with Gasteiger partial charge in [0.25, 0.3) is 0 Å². The largest absolute Gasteiger partial charge is 0.384 e. The van der Waals surface area contributed by atoms with Gasteiger partial charge in [0.1, 0.15) is 17.4 Å². The predicted molar refractivity (Wildman–Crippen MR) is 72.1 cm³/mol. The Bertz CT molecular complexity index is 589. The van der Waals surface area contributed by atoms with Crippen molar-refractivity contribution < 1.29 is 5.11 Å². The van der Waals surface area contributed by atoms with Crippen molar-refractivity contribution in [2.45, 2.75) is 37.7 Å². The van der Waals surface area contributed by atoms with E-state index in [2.05, 4.69) is 26.0 Å². The van der Waals surface area contributed by atoms with E-state index in [9.17, 15) is 5.11 Å². The van der Waals surface area contributed by atoms with Crippen LogP contribution in [0.5, 0.6) is 0 Å². The number of halogens is 1. The highest BCUT2D eigenvalue weighted by Gasteiger charge is 2.35. The Kier molecular flexibility index (Phi) is 2.79. The summed E-state index contributed by atoms with van der Waals surface area (Å²) in [5.41, 5.74) is 6.59. The van der Waals surface area contributed by atoms with Crippen molar-refractivity contribution in [2.24, 2.45) is 0 Å². The van der Waals surface area contributed by atoms with Gasteiger partial charge in [0.05, 0.1) is 5.69 Å². The van der Waals surface area contributed by atoms with Crippen LogP contribution in [-0.2, 0) is 5.60 Å². The molecule has 0 atom stereocenters. The number of nitrogens with two attached hydrogens (primary N) is 1. The Hall–Kier alpha value is -1.14. The van der Waals surface area contributed by atoms with E-state index >= 15 is 0 Å². The average molecular weight is 311 g/mol. The van der Waals surface area contributed by atoms with Gasteiger partial charge >= 0.3 is 0 Å². The molecule has 3 N–H and O–H groups in total. The maximum Gasteiger partial charge on any atom is 0.152 e. The maximum atomic E-state index is 10.8. The molecule has 0 aliphatic heterocycles. The molecule has 3 rings (SSSR count). The summed E-state index contributed by atoms with van der Waals surface area (Å²) >= 11 is 3.47.